The van der Waals surface area contributed by atoms with Gasteiger partial charge in [0.15, 0.2) is 5.78 Å². The Kier molecular flexibility index (Phi) is 6.98. The molecule has 2 aromatic heterocycles. The number of hydrogen-bond acceptors (Lipinski definition) is 4. The van der Waals surface area contributed by atoms with Crippen molar-refractivity contribution >= 4 is 11.9 Å². The van der Waals surface area contributed by atoms with Crippen LogP contribution in [0.5, 0.6) is 0 Å². The quantitative estimate of drug-likeness (QED) is 0.200. The maximum atomic E-state index is 13.2. The molecule has 3 heterocycles. The standard InChI is InChI=1S/C34H30N4O/c39-33-20-22-37(25-27(33)24-31-19-23-38(36-31)26-32-18-10-11-21-35-32)34(28-12-4-1-5-13-28,29-14-6-2-7-15-29)30-16-8-3-9-17-30/h1-19,21,23-24H,20,22,25-26H2/b27-24-. The Labute approximate surface area is 229 Å². The maximum absolute atomic E-state index is 13.2. The normalized spacial score (nSPS) is 15.5. The minimum absolute atomic E-state index is 0.175. The molecule has 1 fully saturated rings. The zero-order valence-corrected chi connectivity index (χ0v) is 21.7. The fourth-order valence-corrected chi connectivity index (χ4v) is 5.65. The molecule has 6 rings (SSSR count). The van der Waals surface area contributed by atoms with Crippen molar-refractivity contribution in [3.8, 4) is 0 Å². The Balaban J connectivity index is 1.41. The molecule has 39 heavy (non-hydrogen) atoms. The van der Waals surface area contributed by atoms with E-state index in [1.807, 2.05) is 41.2 Å². The largest absolute Gasteiger partial charge is 0.294 e. The van der Waals surface area contributed by atoms with Crippen molar-refractivity contribution in [1.82, 2.24) is 19.7 Å². The molecular weight excluding hydrogens is 480 g/mol. The molecule has 0 bridgehead atoms. The Hall–Kier alpha value is -4.61. The minimum Gasteiger partial charge on any atom is -0.294 e. The van der Waals surface area contributed by atoms with Crippen LogP contribution in [0.3, 0.4) is 0 Å². The molecule has 5 aromatic rings. The highest BCUT2D eigenvalue weighted by Gasteiger charge is 2.44. The topological polar surface area (TPSA) is 51.0 Å². The average molecular weight is 511 g/mol. The molecule has 0 saturated carbocycles. The first-order valence-electron chi connectivity index (χ1n) is 13.3. The van der Waals surface area contributed by atoms with Crippen molar-refractivity contribution in [2.75, 3.05) is 13.1 Å². The summed E-state index contributed by atoms with van der Waals surface area (Å²) in [6.45, 7) is 1.76. The van der Waals surface area contributed by atoms with Gasteiger partial charge in [0.1, 0.15) is 0 Å². The molecule has 0 aliphatic carbocycles. The van der Waals surface area contributed by atoms with E-state index in [-0.39, 0.29) is 5.78 Å². The molecule has 1 aliphatic rings. The molecule has 5 heteroatoms. The lowest BCUT2D eigenvalue weighted by Crippen LogP contribution is -2.52. The highest BCUT2D eigenvalue weighted by molar-refractivity contribution is 6.00. The second-order valence-corrected chi connectivity index (χ2v) is 9.83. The second-order valence-electron chi connectivity index (χ2n) is 9.83. The number of pyridine rings is 1. The lowest BCUT2D eigenvalue weighted by atomic mass is 9.74. The number of piperidine rings is 1. The molecule has 0 amide bonds. The molecule has 0 unspecified atom stereocenters. The third kappa shape index (κ3) is 4.97. The van der Waals surface area contributed by atoms with Crippen molar-refractivity contribution in [3.05, 3.63) is 161 Å². The van der Waals surface area contributed by atoms with E-state index in [1.54, 1.807) is 6.20 Å². The predicted molar refractivity (Wildman–Crippen MR) is 154 cm³/mol. The summed E-state index contributed by atoms with van der Waals surface area (Å²) < 4.78 is 1.86. The zero-order chi connectivity index (χ0) is 26.5. The fourth-order valence-electron chi connectivity index (χ4n) is 5.65. The van der Waals surface area contributed by atoms with E-state index in [0.29, 0.717) is 26.1 Å². The zero-order valence-electron chi connectivity index (χ0n) is 21.7. The molecule has 3 aromatic carbocycles. The number of likely N-dealkylation sites (tertiary alicyclic amines) is 1. The Morgan fingerprint density at radius 2 is 1.33 bits per heavy atom. The van der Waals surface area contributed by atoms with Crippen molar-refractivity contribution in [1.29, 1.82) is 0 Å². The molecule has 0 N–H and O–H groups in total. The van der Waals surface area contributed by atoms with Crippen LogP contribution in [0.15, 0.2) is 133 Å². The van der Waals surface area contributed by atoms with E-state index in [4.69, 9.17) is 5.10 Å². The minimum atomic E-state index is -0.554. The smallest absolute Gasteiger partial charge is 0.161 e. The van der Waals surface area contributed by atoms with Crippen LogP contribution in [-0.4, -0.2) is 38.5 Å². The van der Waals surface area contributed by atoms with Crippen LogP contribution in [0.1, 0.15) is 34.5 Å². The molecule has 192 valence electrons. The van der Waals surface area contributed by atoms with Gasteiger partial charge in [0.25, 0.3) is 0 Å². The Bertz CT molecular complexity index is 1460. The summed E-state index contributed by atoms with van der Waals surface area (Å²) in [6, 6.07) is 39.7. The summed E-state index contributed by atoms with van der Waals surface area (Å²) in [6.07, 6.45) is 6.13. The molecule has 1 aliphatic heterocycles. The van der Waals surface area contributed by atoms with Gasteiger partial charge >= 0.3 is 0 Å². The van der Waals surface area contributed by atoms with Crippen LogP contribution in [-0.2, 0) is 16.9 Å². The lowest BCUT2D eigenvalue weighted by molar-refractivity contribution is -0.117. The first kappa shape index (κ1) is 24.7. The third-order valence-corrected chi connectivity index (χ3v) is 7.41. The van der Waals surface area contributed by atoms with Crippen molar-refractivity contribution < 1.29 is 4.79 Å². The number of benzene rings is 3. The van der Waals surface area contributed by atoms with E-state index < -0.39 is 5.54 Å². The monoisotopic (exact) mass is 510 g/mol. The molecule has 1 saturated heterocycles. The van der Waals surface area contributed by atoms with Gasteiger partial charge in [-0.15, -0.1) is 0 Å². The van der Waals surface area contributed by atoms with Crippen LogP contribution in [0.4, 0.5) is 0 Å². The van der Waals surface area contributed by atoms with Crippen LogP contribution < -0.4 is 0 Å². The number of Topliss-reactive ketones (excluding diaryl/α,β-unsaturated/α-hetero) is 1. The Morgan fingerprint density at radius 3 is 1.90 bits per heavy atom. The van der Waals surface area contributed by atoms with Gasteiger partial charge in [-0.1, -0.05) is 97.1 Å². The highest BCUT2D eigenvalue weighted by atomic mass is 16.1. The highest BCUT2D eigenvalue weighted by Crippen LogP contribution is 2.43. The Morgan fingerprint density at radius 1 is 0.744 bits per heavy atom. The van der Waals surface area contributed by atoms with Gasteiger partial charge in [-0.2, -0.15) is 5.10 Å². The van der Waals surface area contributed by atoms with Crippen molar-refractivity contribution in [3.63, 3.8) is 0 Å². The number of carbonyl (C=O) groups excluding carboxylic acids is 1. The number of carbonyl (C=O) groups is 1. The van der Waals surface area contributed by atoms with E-state index in [0.717, 1.165) is 17.0 Å². The van der Waals surface area contributed by atoms with E-state index in [1.165, 1.54) is 16.7 Å². The summed E-state index contributed by atoms with van der Waals surface area (Å²) in [5, 5.41) is 4.73. The number of ketones is 1. The summed E-state index contributed by atoms with van der Waals surface area (Å²) in [7, 11) is 0. The molecule has 0 radical (unpaired) electrons. The van der Waals surface area contributed by atoms with Crippen LogP contribution in [0.25, 0.3) is 6.08 Å². The first-order chi connectivity index (χ1) is 19.2. The molecule has 0 spiro atoms. The van der Waals surface area contributed by atoms with Gasteiger partial charge in [-0.25, -0.2) is 0 Å². The van der Waals surface area contributed by atoms with Crippen molar-refractivity contribution in [2.45, 2.75) is 18.5 Å². The van der Waals surface area contributed by atoms with Crippen molar-refractivity contribution in [2.24, 2.45) is 0 Å². The van der Waals surface area contributed by atoms with Gasteiger partial charge in [0, 0.05) is 37.5 Å². The van der Waals surface area contributed by atoms with Crippen LogP contribution in [0, 0.1) is 0 Å². The number of nitrogens with zero attached hydrogens (tertiary/aromatic N) is 4. The molecule has 0 atom stereocenters. The van der Waals surface area contributed by atoms with Gasteiger partial charge < -0.3 is 0 Å². The van der Waals surface area contributed by atoms with Gasteiger partial charge in [-0.05, 0) is 41.0 Å². The van der Waals surface area contributed by atoms with E-state index in [2.05, 4.69) is 101 Å². The summed E-state index contributed by atoms with van der Waals surface area (Å²) in [5.41, 5.74) is 5.47. The summed E-state index contributed by atoms with van der Waals surface area (Å²) >= 11 is 0. The van der Waals surface area contributed by atoms with Crippen LogP contribution in [0.2, 0.25) is 0 Å². The summed E-state index contributed by atoms with van der Waals surface area (Å²) in [4.78, 5) is 20.1. The lowest BCUT2D eigenvalue weighted by Gasteiger charge is -2.47. The number of rotatable bonds is 7. The summed E-state index contributed by atoms with van der Waals surface area (Å²) in [5.74, 6) is 0.175. The molecule has 5 nitrogen and oxygen atoms in total. The van der Waals surface area contributed by atoms with Gasteiger partial charge in [0.2, 0.25) is 0 Å². The van der Waals surface area contributed by atoms with Crippen LogP contribution >= 0.6 is 0 Å². The van der Waals surface area contributed by atoms with Gasteiger partial charge in [0.05, 0.1) is 23.5 Å². The van der Waals surface area contributed by atoms with E-state index >= 15 is 0 Å². The number of hydrogen-bond donors (Lipinski definition) is 0. The van der Waals surface area contributed by atoms with Gasteiger partial charge in [-0.3, -0.25) is 19.4 Å². The average Bonchev–Trinajstić information content (AvgIpc) is 3.44. The first-order valence-corrected chi connectivity index (χ1v) is 13.3. The van der Waals surface area contributed by atoms with E-state index in [9.17, 15) is 4.79 Å². The SMILES string of the molecule is O=C1CCN(C(c2ccccc2)(c2ccccc2)c2ccccc2)C/C1=C/c1ccn(Cc2ccccn2)n1. The second kappa shape index (κ2) is 11.0. The third-order valence-electron chi connectivity index (χ3n) is 7.41. The fraction of sp³-hybridized carbons (Fsp3) is 0.147. The predicted octanol–water partition coefficient (Wildman–Crippen LogP) is 5.98. The maximum Gasteiger partial charge on any atom is 0.161 e. The number of aromatic nitrogens is 3. The molecular formula is C34H30N4O.